The highest BCUT2D eigenvalue weighted by Crippen LogP contribution is 2.50. The molecule has 1 saturated carbocycles. The largest absolute Gasteiger partial charge is 0.391 e. The van der Waals surface area contributed by atoms with Gasteiger partial charge in [-0.25, -0.2) is 0 Å². The van der Waals surface area contributed by atoms with Crippen LogP contribution < -0.4 is 10.6 Å². The zero-order valence-electron chi connectivity index (χ0n) is 11.9. The number of amides is 1. The number of rotatable bonds is 4. The molecule has 1 amide bonds. The quantitative estimate of drug-likeness (QED) is 0.767. The predicted octanol–water partition coefficient (Wildman–Crippen LogP) is 2.22. The molecule has 1 aliphatic heterocycles. The highest BCUT2D eigenvalue weighted by atomic mass is 35.5. The summed E-state index contributed by atoms with van der Waals surface area (Å²) < 4.78 is 0. The Morgan fingerprint density at radius 3 is 2.82 bits per heavy atom. The number of nitrogens with one attached hydrogen (secondary N) is 2. The smallest absolute Gasteiger partial charge is 0.223 e. The molecule has 3 rings (SSSR count). The Morgan fingerprint density at radius 2 is 2.14 bits per heavy atom. The summed E-state index contributed by atoms with van der Waals surface area (Å²) >= 11 is 12.2. The number of carbonyl (C=O) groups is 1. The Morgan fingerprint density at radius 1 is 1.36 bits per heavy atom. The molecule has 0 aromatic heterocycles. The van der Waals surface area contributed by atoms with Gasteiger partial charge in [-0.05, 0) is 24.0 Å². The van der Waals surface area contributed by atoms with Crippen molar-refractivity contribution in [1.29, 1.82) is 0 Å². The van der Waals surface area contributed by atoms with Crippen LogP contribution in [0.5, 0.6) is 0 Å². The second-order valence-corrected chi connectivity index (χ2v) is 6.61. The summed E-state index contributed by atoms with van der Waals surface area (Å²) in [5.74, 6) is 0.256. The number of aliphatic hydroxyl groups excluding tert-OH is 1. The fraction of sp³-hybridized carbons (Fsp3) is 0.533. The van der Waals surface area contributed by atoms with Crippen LogP contribution in [0, 0.1) is 11.8 Å². The monoisotopic (exact) mass is 364 g/mol. The molecule has 7 heteroatoms. The van der Waals surface area contributed by atoms with E-state index in [0.717, 1.165) is 18.5 Å². The first-order valence-electron chi connectivity index (χ1n) is 7.18. The number of hydrogen-bond acceptors (Lipinski definition) is 3. The summed E-state index contributed by atoms with van der Waals surface area (Å²) in [5.41, 5.74) is 0.951. The molecule has 0 spiro atoms. The van der Waals surface area contributed by atoms with Crippen LogP contribution in [0.1, 0.15) is 17.9 Å². The van der Waals surface area contributed by atoms with E-state index in [0.29, 0.717) is 23.1 Å². The van der Waals surface area contributed by atoms with E-state index in [2.05, 4.69) is 10.6 Å². The summed E-state index contributed by atoms with van der Waals surface area (Å²) in [6.07, 6.45) is 0.430. The number of carbonyl (C=O) groups excluding carboxylic acids is 1. The first-order chi connectivity index (χ1) is 10.1. The molecule has 1 saturated heterocycles. The molecular weight excluding hydrogens is 347 g/mol. The molecule has 4 nitrogen and oxygen atoms in total. The summed E-state index contributed by atoms with van der Waals surface area (Å²) in [5, 5.41) is 16.8. The Labute approximate surface area is 146 Å². The van der Waals surface area contributed by atoms with E-state index in [9.17, 15) is 9.90 Å². The third kappa shape index (κ3) is 3.69. The van der Waals surface area contributed by atoms with Crippen molar-refractivity contribution in [1.82, 2.24) is 10.6 Å². The molecule has 1 heterocycles. The molecule has 3 N–H and O–H groups in total. The van der Waals surface area contributed by atoms with Gasteiger partial charge in [0.2, 0.25) is 5.91 Å². The van der Waals surface area contributed by atoms with E-state index >= 15 is 0 Å². The summed E-state index contributed by atoms with van der Waals surface area (Å²) in [6.45, 7) is 1.86. The molecule has 1 aliphatic carbocycles. The average molecular weight is 366 g/mol. The molecular formula is C15H19Cl3N2O2. The van der Waals surface area contributed by atoms with Crippen molar-refractivity contribution in [2.75, 3.05) is 19.6 Å². The lowest BCUT2D eigenvalue weighted by atomic mass is 10.1. The molecule has 4 atom stereocenters. The fourth-order valence-corrected chi connectivity index (χ4v) is 3.37. The lowest BCUT2D eigenvalue weighted by Gasteiger charge is -2.14. The van der Waals surface area contributed by atoms with E-state index in [4.69, 9.17) is 23.2 Å². The minimum absolute atomic E-state index is 0. The summed E-state index contributed by atoms with van der Waals surface area (Å²) in [6, 6.07) is 5.54. The van der Waals surface area contributed by atoms with Gasteiger partial charge in [0.25, 0.3) is 0 Å². The molecule has 2 aliphatic rings. The Balaban J connectivity index is 0.00000176. The molecule has 22 heavy (non-hydrogen) atoms. The second-order valence-electron chi connectivity index (χ2n) is 5.82. The van der Waals surface area contributed by atoms with Crippen LogP contribution in [0.15, 0.2) is 18.2 Å². The molecule has 0 bridgehead atoms. The number of halogens is 3. The van der Waals surface area contributed by atoms with Crippen molar-refractivity contribution in [3.05, 3.63) is 33.8 Å². The van der Waals surface area contributed by atoms with Gasteiger partial charge >= 0.3 is 0 Å². The first kappa shape index (κ1) is 17.8. The molecule has 1 aromatic rings. The van der Waals surface area contributed by atoms with E-state index in [1.807, 2.05) is 12.1 Å². The van der Waals surface area contributed by atoms with Crippen molar-refractivity contribution in [3.8, 4) is 0 Å². The number of β-amino-alcohol motifs (C(OH)–C–C–N with tert-alkyl or cyclic N) is 1. The topological polar surface area (TPSA) is 61.4 Å². The van der Waals surface area contributed by atoms with Crippen molar-refractivity contribution in [2.45, 2.75) is 18.4 Å². The van der Waals surface area contributed by atoms with Gasteiger partial charge in [-0.15, -0.1) is 12.4 Å². The Bertz CT molecular complexity index is 556. The lowest BCUT2D eigenvalue weighted by molar-refractivity contribution is -0.122. The average Bonchev–Trinajstić information content (AvgIpc) is 3.15. The molecule has 4 unspecified atom stereocenters. The molecule has 122 valence electrons. The SMILES string of the molecule is Cl.O=C(NCC1CNCC1O)C1CC1c1cccc(Cl)c1Cl. The van der Waals surface area contributed by atoms with E-state index in [1.165, 1.54) is 0 Å². The van der Waals surface area contributed by atoms with Gasteiger partial charge in [-0.2, -0.15) is 0 Å². The molecule has 1 aromatic carbocycles. The molecule has 0 radical (unpaired) electrons. The van der Waals surface area contributed by atoms with Crippen LogP contribution in [-0.2, 0) is 4.79 Å². The van der Waals surface area contributed by atoms with Crippen molar-refractivity contribution in [3.63, 3.8) is 0 Å². The molecule has 2 fully saturated rings. The van der Waals surface area contributed by atoms with Gasteiger partial charge in [-0.3, -0.25) is 4.79 Å². The minimum atomic E-state index is -0.373. The zero-order valence-corrected chi connectivity index (χ0v) is 14.2. The van der Waals surface area contributed by atoms with E-state index in [-0.39, 0.29) is 42.2 Å². The van der Waals surface area contributed by atoms with Crippen LogP contribution in [0.25, 0.3) is 0 Å². The highest BCUT2D eigenvalue weighted by molar-refractivity contribution is 6.42. The van der Waals surface area contributed by atoms with Crippen LogP contribution in [-0.4, -0.2) is 36.8 Å². The first-order valence-corrected chi connectivity index (χ1v) is 7.94. The van der Waals surface area contributed by atoms with E-state index < -0.39 is 0 Å². The van der Waals surface area contributed by atoms with Gasteiger partial charge in [0, 0.05) is 31.5 Å². The van der Waals surface area contributed by atoms with Gasteiger partial charge in [0.05, 0.1) is 16.1 Å². The fourth-order valence-electron chi connectivity index (χ4n) is 2.93. The van der Waals surface area contributed by atoms with Gasteiger partial charge in [-0.1, -0.05) is 35.3 Å². The summed E-state index contributed by atoms with van der Waals surface area (Å²) in [7, 11) is 0. The van der Waals surface area contributed by atoms with Crippen molar-refractivity contribution in [2.24, 2.45) is 11.8 Å². The lowest BCUT2D eigenvalue weighted by Crippen LogP contribution is -2.35. The normalized spacial score (nSPS) is 29.8. The Kier molecular flexibility index (Phi) is 5.97. The van der Waals surface area contributed by atoms with Crippen molar-refractivity contribution >= 4 is 41.5 Å². The summed E-state index contributed by atoms with van der Waals surface area (Å²) in [4.78, 5) is 12.2. The number of hydrogen-bond donors (Lipinski definition) is 3. The number of benzene rings is 1. The van der Waals surface area contributed by atoms with Crippen LogP contribution >= 0.6 is 35.6 Å². The van der Waals surface area contributed by atoms with E-state index in [1.54, 1.807) is 6.07 Å². The maximum Gasteiger partial charge on any atom is 0.223 e. The Hall–Kier alpha value is -0.520. The van der Waals surface area contributed by atoms with Crippen molar-refractivity contribution < 1.29 is 9.90 Å². The van der Waals surface area contributed by atoms with Gasteiger partial charge in [0.15, 0.2) is 0 Å². The van der Waals surface area contributed by atoms with Crippen LogP contribution in [0.2, 0.25) is 10.0 Å². The zero-order chi connectivity index (χ0) is 15.0. The predicted molar refractivity (Wildman–Crippen MR) is 89.9 cm³/mol. The van der Waals surface area contributed by atoms with Gasteiger partial charge in [0.1, 0.15) is 0 Å². The standard InChI is InChI=1S/C15H18Cl2N2O2.ClH/c16-12-3-1-2-9(14(12)17)10-4-11(10)15(21)19-6-8-5-18-7-13(8)20;/h1-3,8,10-11,13,18,20H,4-7H2,(H,19,21);1H. The van der Waals surface area contributed by atoms with Crippen LogP contribution in [0.4, 0.5) is 0 Å². The third-order valence-corrected chi connectivity index (χ3v) is 5.18. The second kappa shape index (κ2) is 7.37. The number of aliphatic hydroxyl groups is 1. The maximum absolute atomic E-state index is 12.2. The highest BCUT2D eigenvalue weighted by Gasteiger charge is 2.45. The minimum Gasteiger partial charge on any atom is -0.391 e. The third-order valence-electron chi connectivity index (χ3n) is 4.35. The maximum atomic E-state index is 12.2. The van der Waals surface area contributed by atoms with Crippen LogP contribution in [0.3, 0.4) is 0 Å². The van der Waals surface area contributed by atoms with Gasteiger partial charge < -0.3 is 15.7 Å².